The van der Waals surface area contributed by atoms with Crippen molar-refractivity contribution in [2.24, 2.45) is 10.2 Å². The van der Waals surface area contributed by atoms with Gasteiger partial charge in [0.05, 0.1) is 25.4 Å². The van der Waals surface area contributed by atoms with Gasteiger partial charge in [-0.05, 0) is 30.3 Å². The zero-order valence-electron chi connectivity index (χ0n) is 15.6. The Balaban J connectivity index is 1.62. The third-order valence-corrected chi connectivity index (χ3v) is 4.39. The fourth-order valence-electron chi connectivity index (χ4n) is 2.95. The van der Waals surface area contributed by atoms with Crippen LogP contribution < -0.4 is 9.47 Å². The van der Waals surface area contributed by atoms with Crippen LogP contribution in [0.25, 0.3) is 22.2 Å². The molecule has 9 nitrogen and oxygen atoms in total. The van der Waals surface area contributed by atoms with Crippen molar-refractivity contribution < 1.29 is 19.4 Å². The summed E-state index contributed by atoms with van der Waals surface area (Å²) in [6.07, 6.45) is 0. The molecule has 4 rings (SSSR count). The van der Waals surface area contributed by atoms with Crippen molar-refractivity contribution in [1.82, 2.24) is 15.2 Å². The number of azo groups is 1. The Kier molecular flexibility index (Phi) is 4.70. The number of benzene rings is 2. The van der Waals surface area contributed by atoms with E-state index in [-0.39, 0.29) is 17.3 Å². The van der Waals surface area contributed by atoms with Gasteiger partial charge in [0, 0.05) is 10.9 Å². The number of nitrogens with zero attached hydrogens (tertiary/aromatic N) is 3. The number of hydrogen-bond donors (Lipinski definition) is 3. The Morgan fingerprint density at radius 2 is 1.93 bits per heavy atom. The molecule has 4 aromatic rings. The van der Waals surface area contributed by atoms with Gasteiger partial charge in [0.15, 0.2) is 5.69 Å². The summed E-state index contributed by atoms with van der Waals surface area (Å²) in [4.78, 5) is 15.2. The molecule has 0 spiro atoms. The minimum atomic E-state index is -0.629. The van der Waals surface area contributed by atoms with Crippen molar-refractivity contribution in [2.75, 3.05) is 14.2 Å². The van der Waals surface area contributed by atoms with E-state index in [2.05, 4.69) is 25.4 Å². The maximum Gasteiger partial charge on any atom is 0.313 e. The van der Waals surface area contributed by atoms with E-state index in [1.807, 2.05) is 6.07 Å². The molecule has 0 aliphatic carbocycles. The van der Waals surface area contributed by atoms with E-state index in [4.69, 9.17) is 9.47 Å². The second-order valence-corrected chi connectivity index (χ2v) is 6.11. The molecule has 0 bridgehead atoms. The topological polar surface area (TPSA) is 125 Å². The van der Waals surface area contributed by atoms with Crippen molar-refractivity contribution in [1.29, 1.82) is 0 Å². The van der Waals surface area contributed by atoms with Crippen molar-refractivity contribution in [2.45, 2.75) is 0 Å². The van der Waals surface area contributed by atoms with Crippen molar-refractivity contribution in [3.8, 4) is 28.6 Å². The lowest BCUT2D eigenvalue weighted by molar-refractivity contribution is 0.0990. The number of aromatic amines is 2. The highest BCUT2D eigenvalue weighted by atomic mass is 16.5. The van der Waals surface area contributed by atoms with Crippen LogP contribution in [0, 0.1) is 0 Å². The Hall–Kier alpha value is -4.14. The molecule has 0 atom stereocenters. The summed E-state index contributed by atoms with van der Waals surface area (Å²) in [5.74, 6) is 0.428. The third-order valence-electron chi connectivity index (χ3n) is 4.39. The van der Waals surface area contributed by atoms with Crippen LogP contribution in [0.4, 0.5) is 5.69 Å². The summed E-state index contributed by atoms with van der Waals surface area (Å²) in [7, 11) is 3.11. The van der Waals surface area contributed by atoms with Crippen LogP contribution in [0.1, 0.15) is 10.5 Å². The summed E-state index contributed by atoms with van der Waals surface area (Å²) in [6.45, 7) is 0. The maximum absolute atomic E-state index is 12.4. The second kappa shape index (κ2) is 7.47. The van der Waals surface area contributed by atoms with Crippen LogP contribution in [-0.2, 0) is 0 Å². The molecule has 29 heavy (non-hydrogen) atoms. The first kappa shape index (κ1) is 18.2. The van der Waals surface area contributed by atoms with Crippen LogP contribution in [0.15, 0.2) is 58.8 Å². The van der Waals surface area contributed by atoms with Gasteiger partial charge in [0.1, 0.15) is 17.2 Å². The van der Waals surface area contributed by atoms with Gasteiger partial charge in [-0.2, -0.15) is 5.10 Å². The molecular formula is C20H17N5O4. The highest BCUT2D eigenvalue weighted by Crippen LogP contribution is 2.35. The summed E-state index contributed by atoms with van der Waals surface area (Å²) < 4.78 is 10.6. The van der Waals surface area contributed by atoms with Crippen LogP contribution in [0.3, 0.4) is 0 Å². The molecule has 9 heteroatoms. The number of rotatable bonds is 5. The average Bonchev–Trinajstić information content (AvgIpc) is 3.36. The molecule has 2 aromatic heterocycles. The molecule has 0 saturated heterocycles. The van der Waals surface area contributed by atoms with E-state index in [1.165, 1.54) is 0 Å². The predicted octanol–water partition coefficient (Wildman–Crippen LogP) is 4.20. The summed E-state index contributed by atoms with van der Waals surface area (Å²) in [5, 5.41) is 25.1. The zero-order valence-corrected chi connectivity index (χ0v) is 15.6. The van der Waals surface area contributed by atoms with Gasteiger partial charge in [0.25, 0.3) is 0 Å². The first-order valence-electron chi connectivity index (χ1n) is 8.64. The van der Waals surface area contributed by atoms with Gasteiger partial charge in [-0.1, -0.05) is 18.2 Å². The Morgan fingerprint density at radius 3 is 2.72 bits per heavy atom. The van der Waals surface area contributed by atoms with Crippen LogP contribution in [0.5, 0.6) is 17.4 Å². The van der Waals surface area contributed by atoms with Gasteiger partial charge in [0.2, 0.25) is 5.88 Å². The molecule has 1 amide bonds. The minimum absolute atomic E-state index is 0.146. The highest BCUT2D eigenvalue weighted by molar-refractivity contribution is 5.96. The second-order valence-electron chi connectivity index (χ2n) is 6.11. The molecule has 2 heterocycles. The van der Waals surface area contributed by atoms with Crippen LogP contribution in [0.2, 0.25) is 0 Å². The molecule has 0 aliphatic rings. The molecular weight excluding hydrogens is 374 g/mol. The van der Waals surface area contributed by atoms with Crippen LogP contribution in [-0.4, -0.2) is 40.4 Å². The fraction of sp³-hybridized carbons (Fsp3) is 0.100. The van der Waals surface area contributed by atoms with Gasteiger partial charge < -0.3 is 19.6 Å². The first-order chi connectivity index (χ1) is 14.1. The Morgan fingerprint density at radius 1 is 1.10 bits per heavy atom. The number of amides is 1. The SMILES string of the molecule is COc1ccc(OC)c(-c2cc(C(=O)N=Nc3c(O)[nH]c4ccccc34)[nH]n2)c1. The van der Waals surface area contributed by atoms with E-state index in [9.17, 15) is 9.90 Å². The number of carbonyl (C=O) groups excluding carboxylic acids is 1. The van der Waals surface area contributed by atoms with Crippen molar-refractivity contribution in [3.63, 3.8) is 0 Å². The number of H-pyrrole nitrogens is 2. The number of ether oxygens (including phenoxy) is 2. The standard InChI is InChI=1S/C20H17N5O4/c1-28-11-7-8-17(29-2)13(9-11)15-10-16(23-22-15)19(26)25-24-18-12-5-3-4-6-14(12)21-20(18)27/h3-10,21,27H,1-2H3,(H,22,23). The number of aromatic nitrogens is 3. The van der Waals surface area contributed by atoms with Gasteiger partial charge >= 0.3 is 5.91 Å². The van der Waals surface area contributed by atoms with Gasteiger partial charge in [-0.15, -0.1) is 10.2 Å². The highest BCUT2D eigenvalue weighted by Gasteiger charge is 2.16. The van der Waals surface area contributed by atoms with Crippen molar-refractivity contribution in [3.05, 3.63) is 54.2 Å². The molecule has 0 saturated carbocycles. The average molecular weight is 391 g/mol. The lowest BCUT2D eigenvalue weighted by Gasteiger charge is -2.08. The molecule has 146 valence electrons. The van der Waals surface area contributed by atoms with E-state index in [1.54, 1.807) is 56.7 Å². The van der Waals surface area contributed by atoms with E-state index >= 15 is 0 Å². The number of nitrogens with one attached hydrogen (secondary N) is 2. The minimum Gasteiger partial charge on any atom is -0.497 e. The van der Waals surface area contributed by atoms with Crippen molar-refractivity contribution >= 4 is 22.5 Å². The monoisotopic (exact) mass is 391 g/mol. The van der Waals surface area contributed by atoms with Crippen LogP contribution >= 0.6 is 0 Å². The molecule has 3 N–H and O–H groups in total. The van der Waals surface area contributed by atoms with E-state index in [0.29, 0.717) is 33.7 Å². The van der Waals surface area contributed by atoms with Gasteiger partial charge in [-0.25, -0.2) is 0 Å². The number of aromatic hydroxyl groups is 1. The Bertz CT molecular complexity index is 1220. The maximum atomic E-state index is 12.4. The number of fused-ring (bicyclic) bond motifs is 1. The molecule has 0 radical (unpaired) electrons. The first-order valence-corrected chi connectivity index (χ1v) is 8.64. The Labute approximate surface area is 165 Å². The molecule has 0 aliphatic heterocycles. The largest absolute Gasteiger partial charge is 0.497 e. The zero-order chi connectivity index (χ0) is 20.4. The lowest BCUT2D eigenvalue weighted by Crippen LogP contribution is -1.93. The van der Waals surface area contributed by atoms with E-state index < -0.39 is 5.91 Å². The number of carbonyl (C=O) groups is 1. The molecule has 0 fully saturated rings. The summed E-state index contributed by atoms with van der Waals surface area (Å²) in [5.41, 5.74) is 2.19. The quantitative estimate of drug-likeness (QED) is 0.440. The normalized spacial score (nSPS) is 11.2. The predicted molar refractivity (Wildman–Crippen MR) is 106 cm³/mol. The number of hydrogen-bond acceptors (Lipinski definition) is 6. The molecule has 2 aromatic carbocycles. The third kappa shape index (κ3) is 3.41. The number of para-hydroxylation sites is 1. The lowest BCUT2D eigenvalue weighted by atomic mass is 10.1. The summed E-state index contributed by atoms with van der Waals surface area (Å²) >= 11 is 0. The fourth-order valence-corrected chi connectivity index (χ4v) is 2.95. The van der Waals surface area contributed by atoms with Gasteiger partial charge in [-0.3, -0.25) is 9.89 Å². The van der Waals surface area contributed by atoms with E-state index in [0.717, 1.165) is 0 Å². The molecule has 0 unspecified atom stereocenters. The number of methoxy groups -OCH3 is 2. The summed E-state index contributed by atoms with van der Waals surface area (Å²) in [6, 6.07) is 14.0. The smallest absolute Gasteiger partial charge is 0.313 e.